The van der Waals surface area contributed by atoms with Gasteiger partial charge in [-0.1, -0.05) is 0 Å². The molecule has 0 heterocycles. The molecule has 0 aliphatic heterocycles. The Morgan fingerprint density at radius 2 is 1.93 bits per heavy atom. The summed E-state index contributed by atoms with van der Waals surface area (Å²) in [5.74, 6) is 0. The SMILES string of the molecule is CNCC[N+](C)(C)CCN(C)CC(C)O. The summed E-state index contributed by atoms with van der Waals surface area (Å²) >= 11 is 0. The van der Waals surface area contributed by atoms with Crippen LogP contribution >= 0.6 is 0 Å². The molecule has 0 saturated carbocycles. The van der Waals surface area contributed by atoms with Crippen LogP contribution in [-0.2, 0) is 0 Å². The van der Waals surface area contributed by atoms with E-state index in [1.165, 1.54) is 0 Å². The van der Waals surface area contributed by atoms with E-state index in [2.05, 4.69) is 31.4 Å². The zero-order valence-electron chi connectivity index (χ0n) is 11.0. The van der Waals surface area contributed by atoms with Gasteiger partial charge in [0, 0.05) is 19.6 Å². The Hall–Kier alpha value is -0.160. The first-order chi connectivity index (χ1) is 6.87. The quantitative estimate of drug-likeness (QED) is 0.544. The molecule has 4 heteroatoms. The van der Waals surface area contributed by atoms with E-state index in [1.807, 2.05) is 14.0 Å². The predicted octanol–water partition coefficient (Wildman–Crippen LogP) is -0.405. The van der Waals surface area contributed by atoms with Crippen LogP contribution in [0.25, 0.3) is 0 Å². The van der Waals surface area contributed by atoms with Gasteiger partial charge in [0.1, 0.15) is 0 Å². The Balaban J connectivity index is 3.71. The van der Waals surface area contributed by atoms with Crippen LogP contribution in [0.15, 0.2) is 0 Å². The molecular formula is C11H28N3O+. The number of hydrogen-bond acceptors (Lipinski definition) is 3. The van der Waals surface area contributed by atoms with Crippen LogP contribution in [-0.4, -0.2) is 81.5 Å². The molecule has 0 saturated heterocycles. The monoisotopic (exact) mass is 218 g/mol. The Labute approximate surface area is 94.5 Å². The summed E-state index contributed by atoms with van der Waals surface area (Å²) in [5.41, 5.74) is 0. The van der Waals surface area contributed by atoms with Crippen molar-refractivity contribution in [3.8, 4) is 0 Å². The summed E-state index contributed by atoms with van der Waals surface area (Å²) in [7, 11) is 8.53. The highest BCUT2D eigenvalue weighted by atomic mass is 16.3. The van der Waals surface area contributed by atoms with Crippen LogP contribution in [0.3, 0.4) is 0 Å². The molecule has 2 N–H and O–H groups in total. The lowest BCUT2D eigenvalue weighted by Crippen LogP contribution is -2.48. The second-order valence-corrected chi connectivity index (χ2v) is 5.10. The molecule has 0 amide bonds. The van der Waals surface area contributed by atoms with Crippen molar-refractivity contribution in [1.29, 1.82) is 0 Å². The number of aliphatic hydroxyl groups is 1. The van der Waals surface area contributed by atoms with Crippen molar-refractivity contribution < 1.29 is 9.59 Å². The number of hydrogen-bond donors (Lipinski definition) is 2. The third-order valence-electron chi connectivity index (χ3n) is 2.63. The van der Waals surface area contributed by atoms with Gasteiger partial charge in [-0.25, -0.2) is 0 Å². The average molecular weight is 218 g/mol. The zero-order chi connectivity index (χ0) is 11.9. The maximum atomic E-state index is 9.24. The largest absolute Gasteiger partial charge is 0.392 e. The third kappa shape index (κ3) is 8.81. The smallest absolute Gasteiger partial charge is 0.0912 e. The van der Waals surface area contributed by atoms with E-state index >= 15 is 0 Å². The number of rotatable bonds is 8. The van der Waals surface area contributed by atoms with E-state index in [4.69, 9.17) is 0 Å². The summed E-state index contributed by atoms with van der Waals surface area (Å²) in [5, 5.41) is 12.4. The fourth-order valence-corrected chi connectivity index (χ4v) is 1.51. The topological polar surface area (TPSA) is 35.5 Å². The van der Waals surface area contributed by atoms with Crippen LogP contribution in [0.4, 0.5) is 0 Å². The first kappa shape index (κ1) is 14.8. The Kier molecular flexibility index (Phi) is 7.09. The molecule has 0 bridgehead atoms. The van der Waals surface area contributed by atoms with Crippen molar-refractivity contribution in [2.24, 2.45) is 0 Å². The number of aliphatic hydroxyl groups excluding tert-OH is 1. The van der Waals surface area contributed by atoms with Gasteiger partial charge in [-0.3, -0.25) is 4.90 Å². The summed E-state index contributed by atoms with van der Waals surface area (Å²) in [6, 6.07) is 0. The third-order valence-corrected chi connectivity index (χ3v) is 2.63. The minimum absolute atomic E-state index is 0.233. The van der Waals surface area contributed by atoms with Crippen LogP contribution in [0.1, 0.15) is 6.92 Å². The van der Waals surface area contributed by atoms with E-state index in [9.17, 15) is 5.11 Å². The second kappa shape index (κ2) is 7.17. The minimum atomic E-state index is -0.233. The van der Waals surface area contributed by atoms with Crippen molar-refractivity contribution >= 4 is 0 Å². The fourth-order valence-electron chi connectivity index (χ4n) is 1.51. The molecule has 0 aliphatic carbocycles. The van der Waals surface area contributed by atoms with Gasteiger partial charge in [0.25, 0.3) is 0 Å². The molecule has 92 valence electrons. The summed E-state index contributed by atoms with van der Waals surface area (Å²) in [6.45, 7) is 6.92. The van der Waals surface area contributed by atoms with Crippen LogP contribution in [0.5, 0.6) is 0 Å². The van der Waals surface area contributed by atoms with Crippen LogP contribution in [0, 0.1) is 0 Å². The molecule has 4 nitrogen and oxygen atoms in total. The molecule has 0 aromatic heterocycles. The van der Waals surface area contributed by atoms with Gasteiger partial charge >= 0.3 is 0 Å². The Morgan fingerprint density at radius 3 is 2.40 bits per heavy atom. The van der Waals surface area contributed by atoms with Gasteiger partial charge in [-0.2, -0.15) is 0 Å². The van der Waals surface area contributed by atoms with Gasteiger partial charge in [-0.05, 0) is 21.0 Å². The fraction of sp³-hybridized carbons (Fsp3) is 1.00. The number of likely N-dealkylation sites (N-methyl/N-ethyl adjacent to an activating group) is 3. The van der Waals surface area contributed by atoms with E-state index in [-0.39, 0.29) is 6.10 Å². The molecule has 0 spiro atoms. The number of nitrogens with zero attached hydrogens (tertiary/aromatic N) is 2. The number of nitrogens with one attached hydrogen (secondary N) is 1. The van der Waals surface area contributed by atoms with Crippen molar-refractivity contribution in [1.82, 2.24) is 10.2 Å². The lowest BCUT2D eigenvalue weighted by Gasteiger charge is -2.31. The van der Waals surface area contributed by atoms with Crippen molar-refractivity contribution in [3.05, 3.63) is 0 Å². The molecule has 15 heavy (non-hydrogen) atoms. The lowest BCUT2D eigenvalue weighted by atomic mass is 10.3. The Morgan fingerprint density at radius 1 is 1.33 bits per heavy atom. The van der Waals surface area contributed by atoms with Gasteiger partial charge in [-0.15, -0.1) is 0 Å². The van der Waals surface area contributed by atoms with Crippen molar-refractivity contribution in [2.75, 3.05) is 60.9 Å². The maximum absolute atomic E-state index is 9.24. The molecular weight excluding hydrogens is 190 g/mol. The van der Waals surface area contributed by atoms with E-state index in [0.717, 1.165) is 37.2 Å². The summed E-state index contributed by atoms with van der Waals surface area (Å²) < 4.78 is 1.02. The normalized spacial score (nSPS) is 14.6. The van der Waals surface area contributed by atoms with Gasteiger partial charge in [0.2, 0.25) is 0 Å². The highest BCUT2D eigenvalue weighted by Crippen LogP contribution is 1.97. The number of quaternary nitrogens is 1. The molecule has 1 atom stereocenters. The Bertz CT molecular complexity index is 160. The molecule has 0 aromatic rings. The van der Waals surface area contributed by atoms with Crippen LogP contribution in [0.2, 0.25) is 0 Å². The average Bonchev–Trinajstić information content (AvgIpc) is 2.11. The molecule has 0 aromatic carbocycles. The molecule has 1 unspecified atom stereocenters. The molecule has 0 aliphatic rings. The van der Waals surface area contributed by atoms with E-state index in [0.29, 0.717) is 0 Å². The second-order valence-electron chi connectivity index (χ2n) is 5.10. The van der Waals surface area contributed by atoms with Gasteiger partial charge in [0.05, 0.1) is 33.3 Å². The summed E-state index contributed by atoms with van der Waals surface area (Å²) in [6.07, 6.45) is -0.233. The van der Waals surface area contributed by atoms with Crippen LogP contribution < -0.4 is 5.32 Å². The van der Waals surface area contributed by atoms with Gasteiger partial charge in [0.15, 0.2) is 0 Å². The van der Waals surface area contributed by atoms with E-state index < -0.39 is 0 Å². The predicted molar refractivity (Wildman–Crippen MR) is 64.9 cm³/mol. The highest BCUT2D eigenvalue weighted by molar-refractivity contribution is 4.55. The van der Waals surface area contributed by atoms with Crippen molar-refractivity contribution in [3.63, 3.8) is 0 Å². The summed E-state index contributed by atoms with van der Waals surface area (Å²) in [4.78, 5) is 2.18. The first-order valence-corrected chi connectivity index (χ1v) is 5.70. The lowest BCUT2D eigenvalue weighted by molar-refractivity contribution is -0.888. The van der Waals surface area contributed by atoms with Crippen molar-refractivity contribution in [2.45, 2.75) is 13.0 Å². The molecule has 0 radical (unpaired) electrons. The molecule has 0 fully saturated rings. The first-order valence-electron chi connectivity index (χ1n) is 5.70. The maximum Gasteiger partial charge on any atom is 0.0912 e. The highest BCUT2D eigenvalue weighted by Gasteiger charge is 2.15. The minimum Gasteiger partial charge on any atom is -0.392 e. The van der Waals surface area contributed by atoms with Gasteiger partial charge < -0.3 is 14.9 Å². The standard InChI is InChI=1S/C11H28N3O/c1-11(15)10-13(3)7-9-14(4,5)8-6-12-2/h11-12,15H,6-10H2,1-5H3/q+1. The zero-order valence-corrected chi connectivity index (χ0v) is 11.0. The molecule has 0 rings (SSSR count). The van der Waals surface area contributed by atoms with E-state index in [1.54, 1.807) is 0 Å².